The zero-order valence-electron chi connectivity index (χ0n) is 14.2. The molecule has 0 atom stereocenters. The number of likely N-dealkylation sites (N-methyl/N-ethyl adjacent to an activating group) is 1. The smallest absolute Gasteiger partial charge is 0.243 e. The summed E-state index contributed by atoms with van der Waals surface area (Å²) in [6, 6.07) is 0. The molecule has 2 N–H and O–H groups in total. The molecule has 0 spiro atoms. The third-order valence-electron chi connectivity index (χ3n) is 2.65. The summed E-state index contributed by atoms with van der Waals surface area (Å²) >= 11 is 0. The van der Waals surface area contributed by atoms with Gasteiger partial charge in [-0.3, -0.25) is 4.79 Å². The maximum Gasteiger partial charge on any atom is 0.243 e. The van der Waals surface area contributed by atoms with Crippen LogP contribution in [0, 0.1) is 0 Å². The standard InChI is InChI=1S/C14H30N4O3.HI/c1-5-21-11-7-9-16-14(15-8-6-10-20-4)17-12-13(19)18(2)3;/h5-12H2,1-4H3,(H2,15,16,17);1H. The van der Waals surface area contributed by atoms with Crippen molar-refractivity contribution in [3.05, 3.63) is 0 Å². The highest BCUT2D eigenvalue weighted by molar-refractivity contribution is 14.0. The Morgan fingerprint density at radius 2 is 1.73 bits per heavy atom. The van der Waals surface area contributed by atoms with E-state index in [9.17, 15) is 4.79 Å². The number of carbonyl (C=O) groups excluding carboxylic acids is 1. The van der Waals surface area contributed by atoms with Crippen molar-refractivity contribution in [1.29, 1.82) is 0 Å². The van der Waals surface area contributed by atoms with Crippen LogP contribution < -0.4 is 10.6 Å². The molecule has 8 heteroatoms. The number of aliphatic imine (C=N–C) groups is 1. The first kappa shape index (κ1) is 23.7. The van der Waals surface area contributed by atoms with Gasteiger partial charge < -0.3 is 25.0 Å². The highest BCUT2D eigenvalue weighted by atomic mass is 127. The molecule has 0 aliphatic carbocycles. The Morgan fingerprint density at radius 3 is 2.23 bits per heavy atom. The molecule has 7 nitrogen and oxygen atoms in total. The summed E-state index contributed by atoms with van der Waals surface area (Å²) in [6.45, 7) is 5.77. The van der Waals surface area contributed by atoms with Crippen LogP contribution in [0.2, 0.25) is 0 Å². The highest BCUT2D eigenvalue weighted by Gasteiger charge is 2.04. The molecular weight excluding hydrogens is 399 g/mol. The van der Waals surface area contributed by atoms with Crippen molar-refractivity contribution in [1.82, 2.24) is 15.5 Å². The minimum atomic E-state index is -0.0256. The number of nitrogens with one attached hydrogen (secondary N) is 2. The predicted molar refractivity (Wildman–Crippen MR) is 100 cm³/mol. The second-order valence-corrected chi connectivity index (χ2v) is 4.70. The molecule has 0 fully saturated rings. The molecule has 0 rings (SSSR count). The maximum absolute atomic E-state index is 11.6. The van der Waals surface area contributed by atoms with Gasteiger partial charge in [0, 0.05) is 54.1 Å². The Bertz CT molecular complexity index is 302. The Morgan fingerprint density at radius 1 is 1.14 bits per heavy atom. The normalized spacial score (nSPS) is 10.8. The van der Waals surface area contributed by atoms with Gasteiger partial charge in [0.15, 0.2) is 5.96 Å². The van der Waals surface area contributed by atoms with E-state index in [-0.39, 0.29) is 36.4 Å². The summed E-state index contributed by atoms with van der Waals surface area (Å²) < 4.78 is 10.3. The van der Waals surface area contributed by atoms with Crippen LogP contribution in [0.1, 0.15) is 19.8 Å². The number of hydrogen-bond acceptors (Lipinski definition) is 4. The lowest BCUT2D eigenvalue weighted by Crippen LogP contribution is -2.40. The van der Waals surface area contributed by atoms with E-state index in [1.54, 1.807) is 21.2 Å². The summed E-state index contributed by atoms with van der Waals surface area (Å²) in [4.78, 5) is 17.4. The molecule has 132 valence electrons. The number of rotatable bonds is 11. The van der Waals surface area contributed by atoms with Gasteiger partial charge >= 0.3 is 0 Å². The van der Waals surface area contributed by atoms with Gasteiger partial charge in [-0.2, -0.15) is 0 Å². The minimum Gasteiger partial charge on any atom is -0.385 e. The van der Waals surface area contributed by atoms with E-state index in [1.807, 2.05) is 6.92 Å². The molecule has 22 heavy (non-hydrogen) atoms. The molecule has 0 aliphatic rings. The second kappa shape index (κ2) is 16.8. The fourth-order valence-corrected chi connectivity index (χ4v) is 1.41. The summed E-state index contributed by atoms with van der Waals surface area (Å²) in [5.41, 5.74) is 0. The summed E-state index contributed by atoms with van der Waals surface area (Å²) in [6.07, 6.45) is 1.78. The van der Waals surface area contributed by atoms with E-state index in [0.717, 1.165) is 39.1 Å². The van der Waals surface area contributed by atoms with Gasteiger partial charge in [0.2, 0.25) is 5.91 Å². The molecule has 0 aromatic heterocycles. The molecule has 0 heterocycles. The fraction of sp³-hybridized carbons (Fsp3) is 0.857. The summed E-state index contributed by atoms with van der Waals surface area (Å²) in [5.74, 6) is 0.625. The Hall–Kier alpha value is -0.610. The zero-order valence-corrected chi connectivity index (χ0v) is 16.5. The molecule has 0 aromatic rings. The van der Waals surface area contributed by atoms with Crippen LogP contribution in [0.5, 0.6) is 0 Å². The first-order chi connectivity index (χ1) is 10.1. The Labute approximate surface area is 151 Å². The van der Waals surface area contributed by atoms with Crippen molar-refractivity contribution in [3.63, 3.8) is 0 Å². The van der Waals surface area contributed by atoms with Gasteiger partial charge in [0.1, 0.15) is 6.54 Å². The summed E-state index contributed by atoms with van der Waals surface area (Å²) in [5, 5.41) is 6.38. The van der Waals surface area contributed by atoms with Crippen molar-refractivity contribution in [2.45, 2.75) is 19.8 Å². The predicted octanol–water partition coefficient (Wildman–Crippen LogP) is 0.691. The van der Waals surface area contributed by atoms with E-state index in [4.69, 9.17) is 9.47 Å². The number of halogens is 1. The van der Waals surface area contributed by atoms with Crippen LogP contribution in [0.25, 0.3) is 0 Å². The van der Waals surface area contributed by atoms with E-state index >= 15 is 0 Å². The zero-order chi connectivity index (χ0) is 15.9. The number of ether oxygens (including phenoxy) is 2. The second-order valence-electron chi connectivity index (χ2n) is 4.70. The Balaban J connectivity index is 0. The van der Waals surface area contributed by atoms with Gasteiger partial charge in [0.25, 0.3) is 0 Å². The SMILES string of the molecule is CCOCCCNC(=NCC(=O)N(C)C)NCCCOC.I. The quantitative estimate of drug-likeness (QED) is 0.218. The molecule has 0 unspecified atom stereocenters. The van der Waals surface area contributed by atoms with Crippen LogP contribution in [0.4, 0.5) is 0 Å². The molecule has 0 saturated carbocycles. The molecule has 0 aromatic carbocycles. The third-order valence-corrected chi connectivity index (χ3v) is 2.65. The fourth-order valence-electron chi connectivity index (χ4n) is 1.41. The van der Waals surface area contributed by atoms with Crippen molar-refractivity contribution in [3.8, 4) is 0 Å². The number of amides is 1. The van der Waals surface area contributed by atoms with Gasteiger partial charge in [-0.05, 0) is 19.8 Å². The molecule has 0 saturated heterocycles. The average molecular weight is 430 g/mol. The average Bonchev–Trinajstić information content (AvgIpc) is 2.47. The van der Waals surface area contributed by atoms with Crippen molar-refractivity contribution < 1.29 is 14.3 Å². The molecule has 1 amide bonds. The topological polar surface area (TPSA) is 75.2 Å². The van der Waals surface area contributed by atoms with Crippen LogP contribution in [0.3, 0.4) is 0 Å². The van der Waals surface area contributed by atoms with Crippen LogP contribution in [-0.2, 0) is 14.3 Å². The maximum atomic E-state index is 11.6. The Kier molecular flexibility index (Phi) is 18.0. The molecule has 0 radical (unpaired) electrons. The number of carbonyl (C=O) groups is 1. The summed E-state index contributed by atoms with van der Waals surface area (Å²) in [7, 11) is 5.12. The van der Waals surface area contributed by atoms with E-state index < -0.39 is 0 Å². The van der Waals surface area contributed by atoms with Crippen LogP contribution in [-0.4, -0.2) is 77.4 Å². The van der Waals surface area contributed by atoms with Gasteiger partial charge in [-0.15, -0.1) is 24.0 Å². The first-order valence-electron chi connectivity index (χ1n) is 7.40. The monoisotopic (exact) mass is 430 g/mol. The van der Waals surface area contributed by atoms with E-state index in [0.29, 0.717) is 12.6 Å². The largest absolute Gasteiger partial charge is 0.385 e. The van der Waals surface area contributed by atoms with E-state index in [2.05, 4.69) is 15.6 Å². The van der Waals surface area contributed by atoms with E-state index in [1.165, 1.54) is 4.90 Å². The molecule has 0 aliphatic heterocycles. The van der Waals surface area contributed by atoms with Gasteiger partial charge in [-0.25, -0.2) is 4.99 Å². The first-order valence-corrected chi connectivity index (χ1v) is 7.40. The lowest BCUT2D eigenvalue weighted by Gasteiger charge is -2.13. The number of methoxy groups -OCH3 is 1. The molecular formula is C14H31IN4O3. The van der Waals surface area contributed by atoms with Gasteiger partial charge in [-0.1, -0.05) is 0 Å². The lowest BCUT2D eigenvalue weighted by atomic mass is 10.4. The van der Waals surface area contributed by atoms with Crippen molar-refractivity contribution >= 4 is 35.8 Å². The molecule has 0 bridgehead atoms. The lowest BCUT2D eigenvalue weighted by molar-refractivity contribution is -0.127. The number of nitrogens with zero attached hydrogens (tertiary/aromatic N) is 2. The minimum absolute atomic E-state index is 0. The highest BCUT2D eigenvalue weighted by Crippen LogP contribution is 1.85. The van der Waals surface area contributed by atoms with Crippen LogP contribution in [0.15, 0.2) is 4.99 Å². The van der Waals surface area contributed by atoms with Crippen molar-refractivity contribution in [2.24, 2.45) is 4.99 Å². The van der Waals surface area contributed by atoms with Gasteiger partial charge in [0.05, 0.1) is 0 Å². The van der Waals surface area contributed by atoms with Crippen molar-refractivity contribution in [2.75, 3.05) is 60.7 Å². The number of hydrogen-bond donors (Lipinski definition) is 2. The van der Waals surface area contributed by atoms with Crippen LogP contribution >= 0.6 is 24.0 Å². The number of guanidine groups is 1. The third kappa shape index (κ3) is 14.3.